The molecule has 0 spiro atoms. The lowest BCUT2D eigenvalue weighted by Crippen LogP contribution is -2.49. The molecular weight excluding hydrogens is 293 g/mol. The number of carboxylic acid groups (broad SMARTS) is 1. The quantitative estimate of drug-likeness (QED) is 0.860. The first-order valence-corrected chi connectivity index (χ1v) is 7.90. The summed E-state index contributed by atoms with van der Waals surface area (Å²) < 4.78 is 13.2. The van der Waals surface area contributed by atoms with Gasteiger partial charge in [0.2, 0.25) is 0 Å². The standard InChI is InChI=1S/C19H20FNO2/c20-16-8-4-7-14(10-16)15-11-17(12-15)21-18(19(22)23)9-13-5-2-1-3-6-13/h1-8,10,15,17-18,21H,9,11-12H2,(H,22,23)/t15?,17?,18-/m0/s1. The molecular formula is C19H20FNO2. The van der Waals surface area contributed by atoms with E-state index in [1.807, 2.05) is 36.4 Å². The summed E-state index contributed by atoms with van der Waals surface area (Å²) in [7, 11) is 0. The Morgan fingerprint density at radius 3 is 2.57 bits per heavy atom. The van der Waals surface area contributed by atoms with E-state index in [1.165, 1.54) is 6.07 Å². The molecule has 2 N–H and O–H groups in total. The fourth-order valence-corrected chi connectivity index (χ4v) is 3.14. The summed E-state index contributed by atoms with van der Waals surface area (Å²) >= 11 is 0. The van der Waals surface area contributed by atoms with Gasteiger partial charge in [0, 0.05) is 6.04 Å². The number of hydrogen-bond donors (Lipinski definition) is 2. The van der Waals surface area contributed by atoms with Gasteiger partial charge in [0.25, 0.3) is 0 Å². The summed E-state index contributed by atoms with van der Waals surface area (Å²) in [5, 5.41) is 12.6. The molecule has 0 aliphatic heterocycles. The molecule has 0 amide bonds. The van der Waals surface area contributed by atoms with E-state index in [0.717, 1.165) is 24.0 Å². The SMILES string of the molecule is O=C(O)[C@H](Cc1ccccc1)NC1CC(c2cccc(F)c2)C1. The van der Waals surface area contributed by atoms with Crippen molar-refractivity contribution in [3.05, 3.63) is 71.5 Å². The van der Waals surface area contributed by atoms with E-state index in [-0.39, 0.29) is 11.9 Å². The highest BCUT2D eigenvalue weighted by molar-refractivity contribution is 5.74. The zero-order valence-electron chi connectivity index (χ0n) is 12.8. The lowest BCUT2D eigenvalue weighted by molar-refractivity contribution is -0.139. The highest BCUT2D eigenvalue weighted by Crippen LogP contribution is 2.37. The van der Waals surface area contributed by atoms with Crippen LogP contribution < -0.4 is 5.32 Å². The molecule has 23 heavy (non-hydrogen) atoms. The zero-order chi connectivity index (χ0) is 16.2. The Kier molecular flexibility index (Phi) is 4.72. The third-order valence-electron chi connectivity index (χ3n) is 4.48. The topological polar surface area (TPSA) is 49.3 Å². The molecule has 0 unspecified atom stereocenters. The zero-order valence-corrected chi connectivity index (χ0v) is 12.8. The second kappa shape index (κ2) is 6.92. The van der Waals surface area contributed by atoms with Crippen LogP contribution in [0.25, 0.3) is 0 Å². The molecule has 4 heteroatoms. The lowest BCUT2D eigenvalue weighted by Gasteiger charge is -2.38. The highest BCUT2D eigenvalue weighted by atomic mass is 19.1. The molecule has 0 bridgehead atoms. The lowest BCUT2D eigenvalue weighted by atomic mass is 9.75. The minimum atomic E-state index is -0.831. The molecule has 0 radical (unpaired) electrons. The van der Waals surface area contributed by atoms with Gasteiger partial charge < -0.3 is 10.4 Å². The Morgan fingerprint density at radius 1 is 1.17 bits per heavy atom. The predicted molar refractivity (Wildman–Crippen MR) is 86.9 cm³/mol. The Balaban J connectivity index is 1.55. The van der Waals surface area contributed by atoms with E-state index in [2.05, 4.69) is 5.32 Å². The fraction of sp³-hybridized carbons (Fsp3) is 0.316. The van der Waals surface area contributed by atoms with Crippen LogP contribution in [-0.2, 0) is 11.2 Å². The molecule has 2 aromatic rings. The molecule has 0 aromatic heterocycles. The Morgan fingerprint density at radius 2 is 1.91 bits per heavy atom. The van der Waals surface area contributed by atoms with Crippen LogP contribution in [0.15, 0.2) is 54.6 Å². The van der Waals surface area contributed by atoms with Gasteiger partial charge in [-0.15, -0.1) is 0 Å². The minimum Gasteiger partial charge on any atom is -0.480 e. The monoisotopic (exact) mass is 313 g/mol. The van der Waals surface area contributed by atoms with Crippen molar-refractivity contribution in [2.75, 3.05) is 0 Å². The van der Waals surface area contributed by atoms with Gasteiger partial charge in [-0.25, -0.2) is 4.39 Å². The van der Waals surface area contributed by atoms with E-state index in [9.17, 15) is 14.3 Å². The van der Waals surface area contributed by atoms with Crippen LogP contribution in [-0.4, -0.2) is 23.2 Å². The van der Waals surface area contributed by atoms with E-state index >= 15 is 0 Å². The van der Waals surface area contributed by atoms with Gasteiger partial charge in [0.05, 0.1) is 0 Å². The summed E-state index contributed by atoms with van der Waals surface area (Å²) in [6, 6.07) is 15.9. The average molecular weight is 313 g/mol. The Labute approximate surface area is 135 Å². The first kappa shape index (κ1) is 15.7. The molecule has 0 heterocycles. The number of carbonyl (C=O) groups is 1. The van der Waals surface area contributed by atoms with Crippen molar-refractivity contribution in [1.29, 1.82) is 0 Å². The summed E-state index contributed by atoms with van der Waals surface area (Å²) in [6.07, 6.45) is 2.17. The van der Waals surface area contributed by atoms with Crippen molar-refractivity contribution in [1.82, 2.24) is 5.32 Å². The van der Waals surface area contributed by atoms with Crippen molar-refractivity contribution in [3.63, 3.8) is 0 Å². The average Bonchev–Trinajstić information content (AvgIpc) is 2.50. The number of benzene rings is 2. The number of nitrogens with one attached hydrogen (secondary N) is 1. The van der Waals surface area contributed by atoms with Gasteiger partial charge >= 0.3 is 5.97 Å². The molecule has 1 fully saturated rings. The van der Waals surface area contributed by atoms with Crippen molar-refractivity contribution in [3.8, 4) is 0 Å². The van der Waals surface area contributed by atoms with Gasteiger partial charge in [0.1, 0.15) is 11.9 Å². The molecule has 1 atom stereocenters. The fourth-order valence-electron chi connectivity index (χ4n) is 3.14. The Hall–Kier alpha value is -2.20. The molecule has 120 valence electrons. The van der Waals surface area contributed by atoms with Crippen LogP contribution >= 0.6 is 0 Å². The predicted octanol–water partition coefficient (Wildman–Crippen LogP) is 3.36. The first-order chi connectivity index (χ1) is 11.1. The van der Waals surface area contributed by atoms with Crippen LogP contribution in [0.4, 0.5) is 4.39 Å². The van der Waals surface area contributed by atoms with Gasteiger partial charge in [0.15, 0.2) is 0 Å². The number of halogens is 1. The van der Waals surface area contributed by atoms with E-state index in [4.69, 9.17) is 0 Å². The third kappa shape index (κ3) is 3.96. The summed E-state index contributed by atoms with van der Waals surface area (Å²) in [6.45, 7) is 0. The van der Waals surface area contributed by atoms with Crippen molar-refractivity contribution < 1.29 is 14.3 Å². The summed E-state index contributed by atoms with van der Waals surface area (Å²) in [5.74, 6) is -0.733. The van der Waals surface area contributed by atoms with E-state index in [1.54, 1.807) is 12.1 Å². The Bertz CT molecular complexity index is 668. The summed E-state index contributed by atoms with van der Waals surface area (Å²) in [4.78, 5) is 11.5. The maximum atomic E-state index is 13.2. The van der Waals surface area contributed by atoms with Crippen molar-refractivity contribution in [2.45, 2.75) is 37.3 Å². The minimum absolute atomic E-state index is 0.174. The van der Waals surface area contributed by atoms with Gasteiger partial charge in [-0.3, -0.25) is 4.79 Å². The van der Waals surface area contributed by atoms with Crippen molar-refractivity contribution >= 4 is 5.97 Å². The van der Waals surface area contributed by atoms with Crippen LogP contribution in [0.3, 0.4) is 0 Å². The first-order valence-electron chi connectivity index (χ1n) is 7.90. The number of rotatable bonds is 6. The molecule has 0 saturated heterocycles. The maximum Gasteiger partial charge on any atom is 0.321 e. The molecule has 3 rings (SSSR count). The normalized spacial score (nSPS) is 21.4. The van der Waals surface area contributed by atoms with Gasteiger partial charge in [-0.1, -0.05) is 42.5 Å². The number of hydrogen-bond acceptors (Lipinski definition) is 2. The van der Waals surface area contributed by atoms with Crippen LogP contribution in [0.5, 0.6) is 0 Å². The molecule has 1 saturated carbocycles. The van der Waals surface area contributed by atoms with Crippen LogP contribution in [0.1, 0.15) is 29.9 Å². The smallest absolute Gasteiger partial charge is 0.321 e. The number of aliphatic carboxylic acids is 1. The van der Waals surface area contributed by atoms with E-state index < -0.39 is 12.0 Å². The van der Waals surface area contributed by atoms with Gasteiger partial charge in [-0.05, 0) is 48.4 Å². The number of carboxylic acids is 1. The second-order valence-electron chi connectivity index (χ2n) is 6.17. The van der Waals surface area contributed by atoms with Crippen LogP contribution in [0.2, 0.25) is 0 Å². The summed E-state index contributed by atoms with van der Waals surface area (Å²) in [5.41, 5.74) is 2.01. The molecule has 3 nitrogen and oxygen atoms in total. The maximum absolute atomic E-state index is 13.2. The second-order valence-corrected chi connectivity index (χ2v) is 6.17. The van der Waals surface area contributed by atoms with Crippen molar-refractivity contribution in [2.24, 2.45) is 0 Å². The van der Waals surface area contributed by atoms with E-state index in [0.29, 0.717) is 12.3 Å². The largest absolute Gasteiger partial charge is 0.480 e. The molecule has 1 aliphatic rings. The molecule has 1 aliphatic carbocycles. The molecule has 2 aromatic carbocycles. The third-order valence-corrected chi connectivity index (χ3v) is 4.48. The van der Waals surface area contributed by atoms with Gasteiger partial charge in [-0.2, -0.15) is 0 Å². The van der Waals surface area contributed by atoms with Crippen LogP contribution in [0, 0.1) is 5.82 Å². The highest BCUT2D eigenvalue weighted by Gasteiger charge is 2.33.